The lowest BCUT2D eigenvalue weighted by Crippen LogP contribution is -2.26. The molecule has 1 N–H and O–H groups in total. The average molecular weight is 199 g/mol. The van der Waals surface area contributed by atoms with Gasteiger partial charge in [0.05, 0.1) is 0 Å². The van der Waals surface area contributed by atoms with Crippen molar-refractivity contribution in [1.82, 2.24) is 4.90 Å². The predicted molar refractivity (Wildman–Crippen MR) is 56.3 cm³/mol. The molecule has 1 fully saturated rings. The molecule has 1 aliphatic carbocycles. The van der Waals surface area contributed by atoms with Crippen LogP contribution in [-0.2, 0) is 4.79 Å². The highest BCUT2D eigenvalue weighted by Gasteiger charge is 2.22. The van der Waals surface area contributed by atoms with Crippen LogP contribution in [0.3, 0.4) is 0 Å². The molecule has 0 saturated heterocycles. The monoisotopic (exact) mass is 199 g/mol. The van der Waals surface area contributed by atoms with Gasteiger partial charge in [-0.1, -0.05) is 0 Å². The Balaban J connectivity index is 2.21. The van der Waals surface area contributed by atoms with Gasteiger partial charge in [0, 0.05) is 13.0 Å². The van der Waals surface area contributed by atoms with Crippen molar-refractivity contribution in [3.63, 3.8) is 0 Å². The van der Waals surface area contributed by atoms with Crippen molar-refractivity contribution in [3.8, 4) is 0 Å². The Labute approximate surface area is 86.1 Å². The van der Waals surface area contributed by atoms with Gasteiger partial charge in [-0.2, -0.15) is 0 Å². The Morgan fingerprint density at radius 3 is 2.14 bits per heavy atom. The first-order valence-electron chi connectivity index (χ1n) is 5.44. The second-order valence-electron chi connectivity index (χ2n) is 4.75. The molecule has 1 aliphatic rings. The quantitative estimate of drug-likeness (QED) is 0.751. The van der Waals surface area contributed by atoms with Crippen LogP contribution in [0.1, 0.15) is 32.1 Å². The highest BCUT2D eigenvalue weighted by molar-refractivity contribution is 5.67. The highest BCUT2D eigenvalue weighted by Crippen LogP contribution is 2.30. The molecule has 82 valence electrons. The van der Waals surface area contributed by atoms with Gasteiger partial charge >= 0.3 is 5.97 Å². The minimum atomic E-state index is -0.638. The number of carboxylic acids is 1. The zero-order valence-electron chi connectivity index (χ0n) is 9.20. The summed E-state index contributed by atoms with van der Waals surface area (Å²) in [6.07, 6.45) is 4.98. The summed E-state index contributed by atoms with van der Waals surface area (Å²) in [5.74, 6) is 0.585. The van der Waals surface area contributed by atoms with E-state index in [-0.39, 0.29) is 0 Å². The van der Waals surface area contributed by atoms with E-state index in [0.29, 0.717) is 12.3 Å². The number of aliphatic carboxylic acids is 1. The third kappa shape index (κ3) is 4.09. The van der Waals surface area contributed by atoms with Crippen LogP contribution in [0, 0.1) is 11.8 Å². The normalized spacial score (nSPS) is 27.9. The van der Waals surface area contributed by atoms with Crippen molar-refractivity contribution in [2.45, 2.75) is 32.1 Å². The lowest BCUT2D eigenvalue weighted by atomic mass is 9.80. The zero-order chi connectivity index (χ0) is 10.6. The molecule has 1 saturated carbocycles. The van der Waals surface area contributed by atoms with E-state index in [2.05, 4.69) is 19.0 Å². The maximum atomic E-state index is 10.5. The van der Waals surface area contributed by atoms with Crippen molar-refractivity contribution in [2.24, 2.45) is 11.8 Å². The summed E-state index contributed by atoms with van der Waals surface area (Å²) in [6, 6.07) is 0. The fourth-order valence-electron chi connectivity index (χ4n) is 2.38. The summed E-state index contributed by atoms with van der Waals surface area (Å²) in [5.41, 5.74) is 0. The van der Waals surface area contributed by atoms with Crippen molar-refractivity contribution < 1.29 is 9.90 Å². The van der Waals surface area contributed by atoms with Crippen molar-refractivity contribution in [3.05, 3.63) is 0 Å². The van der Waals surface area contributed by atoms with E-state index in [0.717, 1.165) is 25.3 Å². The van der Waals surface area contributed by atoms with E-state index in [1.54, 1.807) is 0 Å². The molecule has 0 aromatic heterocycles. The molecule has 14 heavy (non-hydrogen) atoms. The first-order valence-corrected chi connectivity index (χ1v) is 5.44. The van der Waals surface area contributed by atoms with Gasteiger partial charge < -0.3 is 10.0 Å². The average Bonchev–Trinajstić information content (AvgIpc) is 2.06. The fourth-order valence-corrected chi connectivity index (χ4v) is 2.38. The number of nitrogens with zero attached hydrogens (tertiary/aromatic N) is 1. The number of carboxylic acid groups (broad SMARTS) is 1. The Kier molecular flexibility index (Phi) is 4.39. The first kappa shape index (κ1) is 11.5. The van der Waals surface area contributed by atoms with Crippen molar-refractivity contribution in [2.75, 3.05) is 20.6 Å². The van der Waals surface area contributed by atoms with Gasteiger partial charge in [0.25, 0.3) is 0 Å². The predicted octanol–water partition coefficient (Wildman–Crippen LogP) is 1.83. The van der Waals surface area contributed by atoms with Gasteiger partial charge in [0.1, 0.15) is 0 Å². The SMILES string of the molecule is CN(C)CC1CCC(CC(=O)O)CC1. The van der Waals surface area contributed by atoms with E-state index in [1.165, 1.54) is 12.8 Å². The van der Waals surface area contributed by atoms with E-state index in [9.17, 15) is 4.79 Å². The fraction of sp³-hybridized carbons (Fsp3) is 0.909. The van der Waals surface area contributed by atoms with Crippen LogP contribution < -0.4 is 0 Å². The van der Waals surface area contributed by atoms with E-state index >= 15 is 0 Å². The topological polar surface area (TPSA) is 40.5 Å². The van der Waals surface area contributed by atoms with Crippen molar-refractivity contribution in [1.29, 1.82) is 0 Å². The molecule has 0 aromatic carbocycles. The van der Waals surface area contributed by atoms with Gasteiger partial charge in [-0.3, -0.25) is 4.79 Å². The van der Waals surface area contributed by atoms with E-state index < -0.39 is 5.97 Å². The molecule has 0 bridgehead atoms. The first-order chi connectivity index (χ1) is 6.58. The standard InChI is InChI=1S/C11H21NO2/c1-12(2)8-10-5-3-9(4-6-10)7-11(13)14/h9-10H,3-8H2,1-2H3,(H,13,14). The van der Waals surface area contributed by atoms with Crippen LogP contribution in [0.5, 0.6) is 0 Å². The maximum absolute atomic E-state index is 10.5. The third-order valence-electron chi connectivity index (χ3n) is 3.05. The number of hydrogen-bond donors (Lipinski definition) is 1. The van der Waals surface area contributed by atoms with Gasteiger partial charge in [0.2, 0.25) is 0 Å². The largest absolute Gasteiger partial charge is 0.481 e. The summed E-state index contributed by atoms with van der Waals surface area (Å²) in [5, 5.41) is 8.67. The maximum Gasteiger partial charge on any atom is 0.303 e. The summed E-state index contributed by atoms with van der Waals surface area (Å²) < 4.78 is 0. The number of carbonyl (C=O) groups is 1. The third-order valence-corrected chi connectivity index (χ3v) is 3.05. The Morgan fingerprint density at radius 1 is 1.21 bits per heavy atom. The molecular weight excluding hydrogens is 178 g/mol. The van der Waals surface area contributed by atoms with E-state index in [1.807, 2.05) is 0 Å². The molecule has 0 amide bonds. The Bertz CT molecular complexity index is 184. The summed E-state index contributed by atoms with van der Waals surface area (Å²) in [7, 11) is 4.20. The van der Waals surface area contributed by atoms with Crippen LogP contribution in [0.15, 0.2) is 0 Å². The second kappa shape index (κ2) is 5.35. The van der Waals surface area contributed by atoms with Crippen LogP contribution in [0.4, 0.5) is 0 Å². The molecule has 3 nitrogen and oxygen atoms in total. The smallest absolute Gasteiger partial charge is 0.303 e. The van der Waals surface area contributed by atoms with Crippen LogP contribution in [0.25, 0.3) is 0 Å². The molecule has 3 heteroatoms. The molecule has 0 aromatic rings. The van der Waals surface area contributed by atoms with Gasteiger partial charge in [-0.05, 0) is 51.6 Å². The van der Waals surface area contributed by atoms with E-state index in [4.69, 9.17) is 5.11 Å². The number of rotatable bonds is 4. The minimum absolute atomic E-state index is 0.370. The molecule has 1 rings (SSSR count). The van der Waals surface area contributed by atoms with Gasteiger partial charge in [-0.25, -0.2) is 0 Å². The lowest BCUT2D eigenvalue weighted by molar-refractivity contribution is -0.138. The van der Waals surface area contributed by atoms with Crippen molar-refractivity contribution >= 4 is 5.97 Å². The molecule has 0 radical (unpaired) electrons. The summed E-state index contributed by atoms with van der Waals surface area (Å²) in [4.78, 5) is 12.7. The zero-order valence-corrected chi connectivity index (χ0v) is 9.20. The second-order valence-corrected chi connectivity index (χ2v) is 4.75. The minimum Gasteiger partial charge on any atom is -0.481 e. The Morgan fingerprint density at radius 2 is 1.71 bits per heavy atom. The van der Waals surface area contributed by atoms with Gasteiger partial charge in [0.15, 0.2) is 0 Å². The molecule has 0 spiro atoms. The molecule has 0 atom stereocenters. The molecular formula is C11H21NO2. The lowest BCUT2D eigenvalue weighted by Gasteiger charge is -2.29. The van der Waals surface area contributed by atoms with Gasteiger partial charge in [-0.15, -0.1) is 0 Å². The van der Waals surface area contributed by atoms with Crippen LogP contribution in [-0.4, -0.2) is 36.6 Å². The highest BCUT2D eigenvalue weighted by atomic mass is 16.4. The summed E-state index contributed by atoms with van der Waals surface area (Å²) in [6.45, 7) is 1.15. The molecule has 0 aliphatic heterocycles. The number of hydrogen-bond acceptors (Lipinski definition) is 2. The molecule has 0 heterocycles. The Hall–Kier alpha value is -0.570. The van der Waals surface area contributed by atoms with Crippen LogP contribution in [0.2, 0.25) is 0 Å². The van der Waals surface area contributed by atoms with Crippen LogP contribution >= 0.6 is 0 Å². The molecule has 0 unspecified atom stereocenters. The summed E-state index contributed by atoms with van der Waals surface area (Å²) >= 11 is 0.